The Hall–Kier alpha value is -1.03. The summed E-state index contributed by atoms with van der Waals surface area (Å²) >= 11 is 0. The molecule has 0 saturated heterocycles. The van der Waals surface area contributed by atoms with E-state index in [0.717, 1.165) is 24.1 Å². The van der Waals surface area contributed by atoms with E-state index in [1.807, 2.05) is 6.92 Å². The second-order valence-electron chi connectivity index (χ2n) is 3.33. The molecule has 1 heterocycles. The third-order valence-electron chi connectivity index (χ3n) is 2.18. The van der Waals surface area contributed by atoms with Crippen LogP contribution in [0.3, 0.4) is 0 Å². The normalized spacial score (nSPS) is 22.4. The van der Waals surface area contributed by atoms with E-state index in [1.54, 1.807) is 0 Å². The Kier molecular flexibility index (Phi) is 1.77. The molecule has 0 aromatic heterocycles. The maximum Gasteiger partial charge on any atom is 0.250 e. The van der Waals surface area contributed by atoms with E-state index in [9.17, 15) is 4.79 Å². The first-order valence-electron chi connectivity index (χ1n) is 4.27. The molecule has 0 spiro atoms. The van der Waals surface area contributed by atoms with Crippen molar-refractivity contribution >= 4 is 5.91 Å². The molecule has 12 heavy (non-hydrogen) atoms. The lowest BCUT2D eigenvalue weighted by molar-refractivity contribution is -0.117. The predicted molar refractivity (Wildman–Crippen MR) is 45.0 cm³/mol. The van der Waals surface area contributed by atoms with E-state index < -0.39 is 0 Å². The van der Waals surface area contributed by atoms with E-state index in [4.69, 9.17) is 0 Å². The lowest BCUT2D eigenvalue weighted by atomic mass is 10.2. The minimum atomic E-state index is 0.0764. The Labute approximate surface area is 71.4 Å². The van der Waals surface area contributed by atoms with Gasteiger partial charge in [0.15, 0.2) is 0 Å². The van der Waals surface area contributed by atoms with Crippen LogP contribution in [0.5, 0.6) is 0 Å². The van der Waals surface area contributed by atoms with Gasteiger partial charge in [-0.1, -0.05) is 0 Å². The van der Waals surface area contributed by atoms with Gasteiger partial charge in [-0.2, -0.15) is 0 Å². The fraction of sp³-hybridized carbons (Fsp3) is 0.625. The third kappa shape index (κ3) is 1.43. The molecule has 0 unspecified atom stereocenters. The molecule has 0 aromatic rings. The van der Waals surface area contributed by atoms with Gasteiger partial charge in [-0.15, -0.1) is 0 Å². The summed E-state index contributed by atoms with van der Waals surface area (Å²) in [6, 6.07) is 0.443. The van der Waals surface area contributed by atoms with Gasteiger partial charge in [0.05, 0.1) is 5.57 Å². The van der Waals surface area contributed by atoms with Crippen molar-refractivity contribution < 1.29 is 4.79 Å². The maximum absolute atomic E-state index is 11.5. The van der Waals surface area contributed by atoms with E-state index >= 15 is 0 Å². The first-order valence-corrected chi connectivity index (χ1v) is 4.27. The highest BCUT2D eigenvalue weighted by molar-refractivity contribution is 5.95. The average Bonchev–Trinajstić information content (AvgIpc) is 2.72. The first kappa shape index (κ1) is 7.61. The largest absolute Gasteiger partial charge is 0.349 e. The SMILES string of the molecule is CC1=C(C(=O)NC2CC2)CNN1. The van der Waals surface area contributed by atoms with Crippen molar-refractivity contribution in [1.29, 1.82) is 0 Å². The molecule has 0 aromatic carbocycles. The molecule has 2 aliphatic rings. The van der Waals surface area contributed by atoms with E-state index in [1.165, 1.54) is 0 Å². The van der Waals surface area contributed by atoms with Crippen LogP contribution in [-0.4, -0.2) is 18.5 Å². The van der Waals surface area contributed by atoms with Crippen LogP contribution < -0.4 is 16.2 Å². The zero-order valence-corrected chi connectivity index (χ0v) is 7.11. The van der Waals surface area contributed by atoms with Crippen molar-refractivity contribution in [1.82, 2.24) is 16.2 Å². The first-order chi connectivity index (χ1) is 5.77. The number of carbonyl (C=O) groups is 1. The summed E-state index contributed by atoms with van der Waals surface area (Å²) < 4.78 is 0. The number of rotatable bonds is 2. The smallest absolute Gasteiger partial charge is 0.250 e. The van der Waals surface area contributed by atoms with Gasteiger partial charge in [-0.3, -0.25) is 4.79 Å². The molecule has 1 fully saturated rings. The van der Waals surface area contributed by atoms with Gasteiger partial charge in [0.2, 0.25) is 0 Å². The van der Waals surface area contributed by atoms with Crippen LogP contribution in [-0.2, 0) is 4.79 Å². The highest BCUT2D eigenvalue weighted by Crippen LogP contribution is 2.19. The molecule has 1 saturated carbocycles. The van der Waals surface area contributed by atoms with Crippen molar-refractivity contribution in [2.24, 2.45) is 0 Å². The molecular weight excluding hydrogens is 154 g/mol. The average molecular weight is 167 g/mol. The zero-order chi connectivity index (χ0) is 8.55. The highest BCUT2D eigenvalue weighted by atomic mass is 16.1. The van der Waals surface area contributed by atoms with Crippen LogP contribution >= 0.6 is 0 Å². The van der Waals surface area contributed by atoms with E-state index in [0.29, 0.717) is 12.6 Å². The molecule has 4 heteroatoms. The molecule has 3 N–H and O–H groups in total. The molecule has 0 radical (unpaired) electrons. The summed E-state index contributed by atoms with van der Waals surface area (Å²) in [7, 11) is 0. The molecule has 1 aliphatic heterocycles. The van der Waals surface area contributed by atoms with Crippen LogP contribution in [0, 0.1) is 0 Å². The molecular formula is C8H13N3O. The molecule has 1 amide bonds. The Morgan fingerprint density at radius 1 is 1.58 bits per heavy atom. The van der Waals surface area contributed by atoms with Crippen molar-refractivity contribution in [3.8, 4) is 0 Å². The second kappa shape index (κ2) is 2.79. The van der Waals surface area contributed by atoms with Gasteiger partial charge >= 0.3 is 0 Å². The number of allylic oxidation sites excluding steroid dienone is 1. The summed E-state index contributed by atoms with van der Waals surface area (Å²) in [4.78, 5) is 11.5. The highest BCUT2D eigenvalue weighted by Gasteiger charge is 2.26. The van der Waals surface area contributed by atoms with Crippen LogP contribution in [0.4, 0.5) is 0 Å². The zero-order valence-electron chi connectivity index (χ0n) is 7.11. The van der Waals surface area contributed by atoms with E-state index in [2.05, 4.69) is 16.2 Å². The van der Waals surface area contributed by atoms with Crippen LogP contribution in [0.2, 0.25) is 0 Å². The summed E-state index contributed by atoms with van der Waals surface area (Å²) in [5.41, 5.74) is 7.60. The predicted octanol–water partition coefficient (Wildman–Crippen LogP) is -0.353. The number of amides is 1. The van der Waals surface area contributed by atoms with Gasteiger partial charge < -0.3 is 10.7 Å². The Balaban J connectivity index is 1.97. The monoisotopic (exact) mass is 167 g/mol. The Morgan fingerprint density at radius 2 is 2.33 bits per heavy atom. The van der Waals surface area contributed by atoms with Crippen LogP contribution in [0.25, 0.3) is 0 Å². The number of hydrogen-bond donors (Lipinski definition) is 3. The van der Waals surface area contributed by atoms with Crippen LogP contribution in [0.1, 0.15) is 19.8 Å². The minimum Gasteiger partial charge on any atom is -0.349 e. The lowest BCUT2D eigenvalue weighted by Crippen LogP contribution is -2.29. The topological polar surface area (TPSA) is 53.2 Å². The fourth-order valence-electron chi connectivity index (χ4n) is 1.22. The number of carbonyl (C=O) groups excluding carboxylic acids is 1. The van der Waals surface area contributed by atoms with Crippen molar-refractivity contribution in [2.45, 2.75) is 25.8 Å². The lowest BCUT2D eigenvalue weighted by Gasteiger charge is -2.02. The minimum absolute atomic E-state index is 0.0764. The quantitative estimate of drug-likeness (QED) is 0.527. The molecule has 1 aliphatic carbocycles. The second-order valence-corrected chi connectivity index (χ2v) is 3.33. The number of nitrogens with one attached hydrogen (secondary N) is 3. The summed E-state index contributed by atoms with van der Waals surface area (Å²) in [6.07, 6.45) is 2.28. The van der Waals surface area contributed by atoms with Crippen molar-refractivity contribution in [2.75, 3.05) is 6.54 Å². The van der Waals surface area contributed by atoms with Gasteiger partial charge in [-0.25, -0.2) is 5.43 Å². The molecule has 4 nitrogen and oxygen atoms in total. The van der Waals surface area contributed by atoms with Crippen molar-refractivity contribution in [3.63, 3.8) is 0 Å². The molecule has 0 atom stereocenters. The molecule has 2 rings (SSSR count). The Bertz CT molecular complexity index is 243. The number of hydrogen-bond acceptors (Lipinski definition) is 3. The van der Waals surface area contributed by atoms with E-state index in [-0.39, 0.29) is 5.91 Å². The fourth-order valence-corrected chi connectivity index (χ4v) is 1.22. The standard InChI is InChI=1S/C8H13N3O/c1-5-7(4-9-11-5)8(12)10-6-2-3-6/h6,9,11H,2-4H2,1H3,(H,10,12). The third-order valence-corrected chi connectivity index (χ3v) is 2.18. The summed E-state index contributed by atoms with van der Waals surface area (Å²) in [5, 5.41) is 2.95. The number of hydrazine groups is 1. The molecule has 66 valence electrons. The summed E-state index contributed by atoms with van der Waals surface area (Å²) in [5.74, 6) is 0.0764. The van der Waals surface area contributed by atoms with Gasteiger partial charge in [0.1, 0.15) is 0 Å². The Morgan fingerprint density at radius 3 is 2.83 bits per heavy atom. The van der Waals surface area contributed by atoms with Crippen molar-refractivity contribution in [3.05, 3.63) is 11.3 Å². The van der Waals surface area contributed by atoms with Gasteiger partial charge in [0.25, 0.3) is 5.91 Å². The molecule has 0 bridgehead atoms. The summed E-state index contributed by atoms with van der Waals surface area (Å²) in [6.45, 7) is 2.53. The van der Waals surface area contributed by atoms with Crippen LogP contribution in [0.15, 0.2) is 11.3 Å². The van der Waals surface area contributed by atoms with Gasteiger partial charge in [-0.05, 0) is 19.8 Å². The van der Waals surface area contributed by atoms with Gasteiger partial charge in [0, 0.05) is 18.3 Å². The maximum atomic E-state index is 11.5.